The molecule has 0 N–H and O–H groups in total. The highest BCUT2D eigenvalue weighted by molar-refractivity contribution is 7.91. The minimum Gasteiger partial charge on any atom is -0.334 e. The Morgan fingerprint density at radius 1 is 1.14 bits per heavy atom. The molecule has 0 aromatic carbocycles. The fourth-order valence-electron chi connectivity index (χ4n) is 4.11. The topological polar surface area (TPSA) is 114 Å². The molecule has 0 spiro atoms. The van der Waals surface area contributed by atoms with E-state index in [1.807, 2.05) is 0 Å². The van der Waals surface area contributed by atoms with Gasteiger partial charge in [-0.25, -0.2) is 21.1 Å². The summed E-state index contributed by atoms with van der Waals surface area (Å²) >= 11 is 0. The molecule has 1 amide bonds. The highest BCUT2D eigenvalue weighted by Crippen LogP contribution is 2.29. The first-order chi connectivity index (χ1) is 13.5. The Morgan fingerprint density at radius 3 is 2.34 bits per heavy atom. The van der Waals surface area contributed by atoms with Crippen molar-refractivity contribution in [3.63, 3.8) is 0 Å². The SMILES string of the molecule is CN(C)S(=O)(=O)c1ccc(=O)n(CC(=O)N(C2CCCC2)C2CCS(=O)(=O)C2)c1. The molecule has 0 radical (unpaired) electrons. The van der Waals surface area contributed by atoms with E-state index in [-0.39, 0.29) is 40.9 Å². The molecule has 3 rings (SSSR count). The van der Waals surface area contributed by atoms with Gasteiger partial charge in [0.2, 0.25) is 15.9 Å². The van der Waals surface area contributed by atoms with Crippen LogP contribution in [0.25, 0.3) is 0 Å². The van der Waals surface area contributed by atoms with E-state index >= 15 is 0 Å². The van der Waals surface area contributed by atoms with Gasteiger partial charge in [-0.05, 0) is 25.3 Å². The summed E-state index contributed by atoms with van der Waals surface area (Å²) in [6, 6.07) is 1.92. The average molecular weight is 446 g/mol. The van der Waals surface area contributed by atoms with Crippen LogP contribution in [-0.4, -0.2) is 74.2 Å². The molecule has 1 unspecified atom stereocenters. The smallest absolute Gasteiger partial charge is 0.251 e. The van der Waals surface area contributed by atoms with Crippen LogP contribution in [0.3, 0.4) is 0 Å². The molecule has 9 nitrogen and oxygen atoms in total. The van der Waals surface area contributed by atoms with E-state index in [0.717, 1.165) is 40.6 Å². The summed E-state index contributed by atoms with van der Waals surface area (Å²) < 4.78 is 50.7. The van der Waals surface area contributed by atoms with Crippen molar-refractivity contribution in [2.24, 2.45) is 0 Å². The molecule has 1 aliphatic carbocycles. The Morgan fingerprint density at radius 2 is 1.79 bits per heavy atom. The van der Waals surface area contributed by atoms with Gasteiger partial charge in [-0.3, -0.25) is 9.59 Å². The van der Waals surface area contributed by atoms with Crippen LogP contribution < -0.4 is 5.56 Å². The maximum atomic E-state index is 13.2. The molecule has 1 atom stereocenters. The van der Waals surface area contributed by atoms with Crippen molar-refractivity contribution in [3.8, 4) is 0 Å². The highest BCUT2D eigenvalue weighted by atomic mass is 32.2. The van der Waals surface area contributed by atoms with Crippen LogP contribution in [0, 0.1) is 0 Å². The molecule has 2 heterocycles. The third-order valence-electron chi connectivity index (χ3n) is 5.65. The molecule has 162 valence electrons. The molecule has 11 heteroatoms. The van der Waals surface area contributed by atoms with Crippen LogP contribution in [0.2, 0.25) is 0 Å². The number of carbonyl (C=O) groups excluding carboxylic acids is 1. The number of hydrogen-bond acceptors (Lipinski definition) is 6. The predicted octanol–water partition coefficient (Wildman–Crippen LogP) is 0.0569. The first-order valence-electron chi connectivity index (χ1n) is 9.66. The van der Waals surface area contributed by atoms with Gasteiger partial charge >= 0.3 is 0 Å². The number of amides is 1. The summed E-state index contributed by atoms with van der Waals surface area (Å²) in [5.41, 5.74) is -0.485. The van der Waals surface area contributed by atoms with E-state index in [1.54, 1.807) is 4.90 Å². The number of rotatable bonds is 6. The van der Waals surface area contributed by atoms with Crippen LogP contribution in [0.4, 0.5) is 0 Å². The van der Waals surface area contributed by atoms with Crippen LogP contribution >= 0.6 is 0 Å². The number of pyridine rings is 1. The lowest BCUT2D eigenvalue weighted by Crippen LogP contribution is -2.49. The maximum Gasteiger partial charge on any atom is 0.251 e. The lowest BCUT2D eigenvalue weighted by Gasteiger charge is -2.34. The Balaban J connectivity index is 1.89. The number of aromatic nitrogens is 1. The van der Waals surface area contributed by atoms with Gasteiger partial charge in [0.1, 0.15) is 6.54 Å². The van der Waals surface area contributed by atoms with E-state index in [0.29, 0.717) is 6.42 Å². The van der Waals surface area contributed by atoms with Crippen LogP contribution in [0.1, 0.15) is 32.1 Å². The Hall–Kier alpha value is -1.72. The molecular formula is C18H27N3O6S2. The molecule has 2 aliphatic rings. The second-order valence-corrected chi connectivity index (χ2v) is 12.3. The fourth-order valence-corrected chi connectivity index (χ4v) is 6.74. The lowest BCUT2D eigenvalue weighted by atomic mass is 10.1. The zero-order chi connectivity index (χ0) is 21.4. The quantitative estimate of drug-likeness (QED) is 0.612. The van der Waals surface area contributed by atoms with Gasteiger partial charge in [-0.2, -0.15) is 0 Å². The molecule has 0 bridgehead atoms. The minimum absolute atomic E-state index is 0.0369. The lowest BCUT2D eigenvalue weighted by molar-refractivity contribution is -0.136. The zero-order valence-electron chi connectivity index (χ0n) is 16.7. The summed E-state index contributed by atoms with van der Waals surface area (Å²) in [6.45, 7) is -0.317. The van der Waals surface area contributed by atoms with Gasteiger partial charge in [0, 0.05) is 38.4 Å². The molecular weight excluding hydrogens is 418 g/mol. The Bertz CT molecular complexity index is 1040. The van der Waals surface area contributed by atoms with Gasteiger partial charge in [-0.15, -0.1) is 0 Å². The number of carbonyl (C=O) groups is 1. The van der Waals surface area contributed by atoms with Gasteiger partial charge in [0.05, 0.1) is 16.4 Å². The van der Waals surface area contributed by atoms with Gasteiger partial charge < -0.3 is 9.47 Å². The fraction of sp³-hybridized carbons (Fsp3) is 0.667. The van der Waals surface area contributed by atoms with Crippen molar-refractivity contribution in [1.82, 2.24) is 13.8 Å². The monoisotopic (exact) mass is 445 g/mol. The maximum absolute atomic E-state index is 13.2. The highest BCUT2D eigenvalue weighted by Gasteiger charge is 2.39. The first kappa shape index (κ1) is 22.0. The van der Waals surface area contributed by atoms with Crippen LogP contribution in [0.15, 0.2) is 28.0 Å². The summed E-state index contributed by atoms with van der Waals surface area (Å²) in [5.74, 6) is -0.343. The van der Waals surface area contributed by atoms with Crippen molar-refractivity contribution in [3.05, 3.63) is 28.7 Å². The van der Waals surface area contributed by atoms with E-state index in [1.165, 1.54) is 26.4 Å². The number of sulfonamides is 1. The average Bonchev–Trinajstić information content (AvgIpc) is 3.27. The normalized spacial score (nSPS) is 22.2. The molecule has 2 fully saturated rings. The third kappa shape index (κ3) is 4.72. The molecule has 29 heavy (non-hydrogen) atoms. The van der Waals surface area contributed by atoms with E-state index in [2.05, 4.69) is 0 Å². The second kappa shape index (κ2) is 8.19. The minimum atomic E-state index is -3.75. The second-order valence-electron chi connectivity index (χ2n) is 7.91. The molecule has 1 saturated heterocycles. The standard InChI is InChI=1S/C18H27N3O6S2/c1-19(2)29(26,27)16-7-8-17(22)20(11-16)12-18(23)21(14-5-3-4-6-14)15-9-10-28(24,25)13-15/h7-8,11,14-15H,3-6,9-10,12-13H2,1-2H3. The summed E-state index contributed by atoms with van der Waals surface area (Å²) in [4.78, 5) is 27.0. The number of hydrogen-bond donors (Lipinski definition) is 0. The molecule has 1 aromatic rings. The van der Waals surface area contributed by atoms with Crippen LogP contribution in [-0.2, 0) is 31.2 Å². The molecule has 1 aliphatic heterocycles. The van der Waals surface area contributed by atoms with E-state index < -0.39 is 25.4 Å². The van der Waals surface area contributed by atoms with Crippen molar-refractivity contribution in [2.45, 2.75) is 55.6 Å². The summed E-state index contributed by atoms with van der Waals surface area (Å²) in [7, 11) is -4.14. The first-order valence-corrected chi connectivity index (χ1v) is 12.9. The summed E-state index contributed by atoms with van der Waals surface area (Å²) in [6.07, 6.45) is 5.15. The van der Waals surface area contributed by atoms with Crippen molar-refractivity contribution >= 4 is 25.8 Å². The van der Waals surface area contributed by atoms with Gasteiger partial charge in [0.25, 0.3) is 5.56 Å². The third-order valence-corrected chi connectivity index (χ3v) is 9.20. The largest absolute Gasteiger partial charge is 0.334 e. The molecule has 1 aromatic heterocycles. The van der Waals surface area contributed by atoms with E-state index in [9.17, 15) is 26.4 Å². The van der Waals surface area contributed by atoms with Crippen molar-refractivity contribution < 1.29 is 21.6 Å². The van der Waals surface area contributed by atoms with Gasteiger partial charge in [0.15, 0.2) is 9.84 Å². The molecule has 1 saturated carbocycles. The summed E-state index contributed by atoms with van der Waals surface area (Å²) in [5, 5.41) is 0. The Labute approximate surface area is 171 Å². The number of nitrogens with zero attached hydrogens (tertiary/aromatic N) is 3. The van der Waals surface area contributed by atoms with E-state index in [4.69, 9.17) is 0 Å². The Kier molecular flexibility index (Phi) is 6.21. The number of sulfone groups is 1. The predicted molar refractivity (Wildman–Crippen MR) is 108 cm³/mol. The zero-order valence-corrected chi connectivity index (χ0v) is 18.3. The van der Waals surface area contributed by atoms with Crippen LogP contribution in [0.5, 0.6) is 0 Å². The van der Waals surface area contributed by atoms with Crippen molar-refractivity contribution in [1.29, 1.82) is 0 Å². The van der Waals surface area contributed by atoms with Gasteiger partial charge in [-0.1, -0.05) is 12.8 Å². The van der Waals surface area contributed by atoms with Crippen molar-refractivity contribution in [2.75, 3.05) is 25.6 Å².